The van der Waals surface area contributed by atoms with E-state index in [1.807, 2.05) is 0 Å². The molecule has 5 aromatic rings. The number of hydrogen-bond donors (Lipinski definition) is 2. The fourth-order valence-electron chi connectivity index (χ4n) is 7.71. The van der Waals surface area contributed by atoms with Gasteiger partial charge in [-0.25, -0.2) is 4.90 Å². The average molecular weight is 912 g/mol. The summed E-state index contributed by atoms with van der Waals surface area (Å²) in [4.78, 5) is 55.3. The van der Waals surface area contributed by atoms with Gasteiger partial charge in [0.05, 0.1) is 35.8 Å². The quantitative estimate of drug-likeness (QED) is 0.0357. The summed E-state index contributed by atoms with van der Waals surface area (Å²) in [6.45, 7) is 2.27. The molecule has 0 fully saturated rings. The van der Waals surface area contributed by atoms with E-state index in [-0.39, 0.29) is 75.8 Å². The smallest absolute Gasteiger partial charge is 0.411 e. The molecule has 334 valence electrons. The number of nitrogens with zero attached hydrogens (tertiary/aromatic N) is 1. The molecule has 0 spiro atoms. The second kappa shape index (κ2) is 16.8. The lowest BCUT2D eigenvalue weighted by Crippen LogP contribution is -2.54. The minimum Gasteiger partial charge on any atom is -0.508 e. The molecule has 1 aliphatic carbocycles. The van der Waals surface area contributed by atoms with Gasteiger partial charge in [0.2, 0.25) is 5.41 Å². The molecule has 0 bridgehead atoms. The first kappa shape index (κ1) is 45.3. The molecule has 1 unspecified atom stereocenters. The van der Waals surface area contributed by atoms with Gasteiger partial charge in [-0.3, -0.25) is 23.7 Å². The summed E-state index contributed by atoms with van der Waals surface area (Å²) in [7, 11) is -4.43. The van der Waals surface area contributed by atoms with E-state index < -0.39 is 92.2 Å². The van der Waals surface area contributed by atoms with Crippen LogP contribution in [0.25, 0.3) is 0 Å². The van der Waals surface area contributed by atoms with Gasteiger partial charge in [0.15, 0.2) is 11.6 Å². The van der Waals surface area contributed by atoms with Gasteiger partial charge >= 0.3 is 12.4 Å². The first-order chi connectivity index (χ1) is 30.1. The number of ketones is 2. The topological polar surface area (TPSA) is 174 Å². The van der Waals surface area contributed by atoms with Crippen LogP contribution in [0, 0.1) is 6.92 Å². The lowest BCUT2D eigenvalue weighted by molar-refractivity contribution is -0.288. The second-order valence-corrected chi connectivity index (χ2v) is 16.5. The highest BCUT2D eigenvalue weighted by Crippen LogP contribution is 2.58. The van der Waals surface area contributed by atoms with Gasteiger partial charge in [-0.15, -0.1) is 0 Å². The predicted octanol–water partition coefficient (Wildman–Crippen LogP) is 9.31. The Labute approximate surface area is 360 Å². The van der Waals surface area contributed by atoms with Crippen LogP contribution in [0.2, 0.25) is 0 Å². The molecule has 0 saturated carbocycles. The van der Waals surface area contributed by atoms with E-state index in [2.05, 4.69) is 0 Å². The summed E-state index contributed by atoms with van der Waals surface area (Å²) >= 11 is 0. The Morgan fingerprint density at radius 3 is 1.81 bits per heavy atom. The van der Waals surface area contributed by atoms with E-state index in [1.165, 1.54) is 67.6 Å². The number of carbonyl (C=O) groups excluding carboxylic acids is 4. The van der Waals surface area contributed by atoms with Gasteiger partial charge in [0.1, 0.15) is 34.7 Å². The van der Waals surface area contributed by atoms with E-state index in [0.29, 0.717) is 24.3 Å². The monoisotopic (exact) mass is 911 g/mol. The molecule has 1 heterocycles. The standard InChI is InChI=1S/C45H35F6NO11S/c1-3-17-61-37-21-26(43(44(46,47)48,45(49,50)51)25-6-5-24(2)36(20-25)62-18-4-19-64(58,59)60)7-14-33(37)38-39(54)31-15-12-29(22-34(31)40(38)55)63-30-13-16-32-35(23-30)42(57)52(41(32)56)27-8-10-28(53)11-9-27/h5-16,20-23,38,53H,3-4,17-19H2,1-2H3,(H,58,59,60). The first-order valence-electron chi connectivity index (χ1n) is 19.4. The van der Waals surface area contributed by atoms with Crippen molar-refractivity contribution >= 4 is 39.2 Å². The van der Waals surface area contributed by atoms with Crippen LogP contribution in [-0.2, 0) is 15.5 Å². The molecular formula is C45H35F6NO11S. The summed E-state index contributed by atoms with van der Waals surface area (Å²) in [5.74, 6) is -6.48. The number of amides is 2. The van der Waals surface area contributed by atoms with Gasteiger partial charge in [0.25, 0.3) is 21.9 Å². The number of phenols is 1. The molecule has 2 N–H and O–H groups in total. The van der Waals surface area contributed by atoms with Gasteiger partial charge < -0.3 is 19.3 Å². The highest BCUT2D eigenvalue weighted by molar-refractivity contribution is 7.85. The van der Waals surface area contributed by atoms with E-state index >= 15 is 26.3 Å². The number of hydrogen-bond acceptors (Lipinski definition) is 10. The molecule has 1 atom stereocenters. The maximum atomic E-state index is 15.3. The van der Waals surface area contributed by atoms with Gasteiger partial charge in [-0.05, 0) is 109 Å². The van der Waals surface area contributed by atoms with Crippen molar-refractivity contribution in [1.82, 2.24) is 0 Å². The number of anilines is 1. The number of aryl methyl sites for hydroxylation is 1. The molecule has 1 aliphatic heterocycles. The number of carbonyl (C=O) groups is 4. The fourth-order valence-corrected chi connectivity index (χ4v) is 8.19. The molecule has 0 saturated heterocycles. The second-order valence-electron chi connectivity index (χ2n) is 15.0. The molecule has 7 rings (SSSR count). The van der Waals surface area contributed by atoms with Crippen molar-refractivity contribution in [2.75, 3.05) is 23.9 Å². The molecule has 0 aromatic heterocycles. The third-order valence-corrected chi connectivity index (χ3v) is 11.5. The number of Topliss-reactive ketones (excluding diaryl/α,β-unsaturated/α-hetero) is 2. The molecule has 2 aliphatic rings. The van der Waals surface area contributed by atoms with Crippen LogP contribution in [0.3, 0.4) is 0 Å². The van der Waals surface area contributed by atoms with Crippen molar-refractivity contribution in [2.24, 2.45) is 0 Å². The van der Waals surface area contributed by atoms with Crippen LogP contribution >= 0.6 is 0 Å². The van der Waals surface area contributed by atoms with Crippen molar-refractivity contribution in [2.45, 2.75) is 50.4 Å². The number of imide groups is 1. The molecular weight excluding hydrogens is 877 g/mol. The lowest BCUT2D eigenvalue weighted by Gasteiger charge is -2.39. The van der Waals surface area contributed by atoms with Crippen LogP contribution in [0.4, 0.5) is 32.0 Å². The Morgan fingerprint density at radius 1 is 0.656 bits per heavy atom. The Bertz CT molecular complexity index is 2810. The maximum absolute atomic E-state index is 15.3. The zero-order chi connectivity index (χ0) is 46.5. The van der Waals surface area contributed by atoms with E-state index in [9.17, 15) is 32.7 Å². The van der Waals surface area contributed by atoms with Gasteiger partial charge in [-0.1, -0.05) is 31.2 Å². The molecule has 0 radical (unpaired) electrons. The van der Waals surface area contributed by atoms with Crippen molar-refractivity contribution in [3.05, 3.63) is 142 Å². The number of alkyl halides is 6. The normalized spacial score (nSPS) is 15.4. The number of halogens is 6. The number of phenolic OH excluding ortho intramolecular Hbond substituents is 1. The van der Waals surface area contributed by atoms with Crippen LogP contribution < -0.4 is 19.1 Å². The van der Waals surface area contributed by atoms with E-state index in [1.54, 1.807) is 6.92 Å². The summed E-state index contributed by atoms with van der Waals surface area (Å²) in [5, 5.41) is 9.62. The summed E-state index contributed by atoms with van der Waals surface area (Å²) in [6.07, 6.45) is -12.2. The van der Waals surface area contributed by atoms with Gasteiger partial charge in [0, 0.05) is 16.7 Å². The largest absolute Gasteiger partial charge is 0.508 e. The fraction of sp³-hybridized carbons (Fsp3) is 0.244. The zero-order valence-electron chi connectivity index (χ0n) is 33.5. The zero-order valence-corrected chi connectivity index (χ0v) is 34.4. The van der Waals surface area contributed by atoms with E-state index in [0.717, 1.165) is 17.0 Å². The molecule has 12 nitrogen and oxygen atoms in total. The minimum absolute atomic E-state index is 0.00362. The molecule has 2 amide bonds. The number of benzene rings is 5. The lowest BCUT2D eigenvalue weighted by atomic mass is 9.72. The Balaban J connectivity index is 1.21. The third kappa shape index (κ3) is 8.16. The van der Waals surface area contributed by atoms with Gasteiger partial charge in [-0.2, -0.15) is 34.8 Å². The minimum atomic E-state index is -6.06. The summed E-state index contributed by atoms with van der Waals surface area (Å²) < 4.78 is 140. The van der Waals surface area contributed by atoms with Crippen molar-refractivity contribution in [1.29, 1.82) is 0 Å². The van der Waals surface area contributed by atoms with Crippen LogP contribution in [-0.4, -0.2) is 72.8 Å². The van der Waals surface area contributed by atoms with Crippen LogP contribution in [0.5, 0.6) is 28.7 Å². The molecule has 64 heavy (non-hydrogen) atoms. The van der Waals surface area contributed by atoms with Crippen LogP contribution in [0.15, 0.2) is 97.1 Å². The van der Waals surface area contributed by atoms with Crippen molar-refractivity contribution in [3.63, 3.8) is 0 Å². The number of fused-ring (bicyclic) bond motifs is 2. The van der Waals surface area contributed by atoms with Crippen LogP contribution in [0.1, 0.15) is 89.4 Å². The average Bonchev–Trinajstić information content (AvgIpc) is 3.61. The summed E-state index contributed by atoms with van der Waals surface area (Å²) in [6, 6.07) is 17.3. The summed E-state index contributed by atoms with van der Waals surface area (Å²) in [5.41, 5.74) is -7.56. The Kier molecular flexibility index (Phi) is 11.9. The molecule has 5 aromatic carbocycles. The number of rotatable bonds is 14. The molecule has 19 heteroatoms. The first-order valence-corrected chi connectivity index (χ1v) is 21.0. The Morgan fingerprint density at radius 2 is 1.20 bits per heavy atom. The highest BCUT2D eigenvalue weighted by atomic mass is 32.2. The Hall–Kier alpha value is -6.73. The number of ether oxygens (including phenoxy) is 3. The van der Waals surface area contributed by atoms with E-state index in [4.69, 9.17) is 18.8 Å². The number of aromatic hydroxyl groups is 1. The van der Waals surface area contributed by atoms with Crippen molar-refractivity contribution in [3.8, 4) is 28.7 Å². The van der Waals surface area contributed by atoms with Crippen molar-refractivity contribution < 1.29 is 77.8 Å². The predicted molar refractivity (Wildman–Crippen MR) is 216 cm³/mol. The third-order valence-electron chi connectivity index (χ3n) is 10.7. The SMILES string of the molecule is CCCOc1cc(C(c2ccc(C)c(OCCCS(=O)(=O)O)c2)(C(F)(F)F)C(F)(F)F)ccc1C1C(=O)c2ccc(Oc3ccc4c(c3)C(=O)N(c3ccc(O)cc3)C4=O)cc2C1=O. The highest BCUT2D eigenvalue weighted by Gasteiger charge is 2.72. The maximum Gasteiger partial charge on any atom is 0.411 e.